The summed E-state index contributed by atoms with van der Waals surface area (Å²) >= 11 is 1.38. The summed E-state index contributed by atoms with van der Waals surface area (Å²) in [6.07, 6.45) is 2.67. The van der Waals surface area contributed by atoms with E-state index in [9.17, 15) is 4.79 Å². The molecule has 0 fully saturated rings. The quantitative estimate of drug-likeness (QED) is 0.261. The van der Waals surface area contributed by atoms with E-state index in [2.05, 4.69) is 42.2 Å². The fourth-order valence-electron chi connectivity index (χ4n) is 4.73. The lowest BCUT2D eigenvalue weighted by atomic mass is 9.95. The van der Waals surface area contributed by atoms with Gasteiger partial charge in [-0.3, -0.25) is 10.2 Å². The summed E-state index contributed by atoms with van der Waals surface area (Å²) in [5.74, 6) is -0.260. The molecule has 5 nitrogen and oxygen atoms in total. The van der Waals surface area contributed by atoms with Crippen molar-refractivity contribution in [2.24, 2.45) is 10.1 Å². The molecule has 1 atom stereocenters. The normalized spacial score (nSPS) is 17.6. The second kappa shape index (κ2) is 8.64. The lowest BCUT2D eigenvalue weighted by Gasteiger charge is -2.20. The molecule has 0 aromatic heterocycles. The van der Waals surface area contributed by atoms with E-state index >= 15 is 0 Å². The number of hydrazone groups is 1. The van der Waals surface area contributed by atoms with E-state index in [1.807, 2.05) is 60.7 Å². The fourth-order valence-corrected chi connectivity index (χ4v) is 5.84. The van der Waals surface area contributed by atoms with Crippen LogP contribution in [-0.4, -0.2) is 27.0 Å². The molecule has 0 saturated heterocycles. The highest BCUT2D eigenvalue weighted by Gasteiger charge is 2.37. The number of carbonyl (C=O) groups excluding carboxylic acids is 1. The zero-order valence-electron chi connectivity index (χ0n) is 19.1. The van der Waals surface area contributed by atoms with E-state index in [-0.39, 0.29) is 17.3 Å². The van der Waals surface area contributed by atoms with E-state index in [1.165, 1.54) is 16.8 Å². The standard InChI is InChI=1S/C29H22N4OS/c1-2-21(18-10-4-3-5-11-18)28-32-33-26(30)25(27(34)31-29(33)35-28)17-24-22-14-8-6-12-19(22)16-20-13-7-9-15-23(20)24/h3-17,21,30H,2H2,1H3/b25-17-,30-26?. The van der Waals surface area contributed by atoms with Gasteiger partial charge in [-0.2, -0.15) is 15.1 Å². The number of rotatable bonds is 4. The maximum atomic E-state index is 13.2. The molecule has 6 rings (SSSR count). The van der Waals surface area contributed by atoms with Gasteiger partial charge >= 0.3 is 0 Å². The topological polar surface area (TPSA) is 68.9 Å². The minimum atomic E-state index is -0.407. The maximum absolute atomic E-state index is 13.2. The second-order valence-corrected chi connectivity index (χ2v) is 9.55. The predicted octanol–water partition coefficient (Wildman–Crippen LogP) is 6.81. The summed E-state index contributed by atoms with van der Waals surface area (Å²) in [6.45, 7) is 2.12. The maximum Gasteiger partial charge on any atom is 0.283 e. The van der Waals surface area contributed by atoms with Crippen LogP contribution in [0.5, 0.6) is 0 Å². The number of nitrogens with zero attached hydrogens (tertiary/aromatic N) is 3. The summed E-state index contributed by atoms with van der Waals surface area (Å²) in [6, 6.07) is 28.6. The van der Waals surface area contributed by atoms with E-state index in [0.717, 1.165) is 44.1 Å². The molecule has 0 aliphatic carbocycles. The minimum absolute atomic E-state index is 0.0578. The van der Waals surface area contributed by atoms with Crippen LogP contribution in [-0.2, 0) is 4.79 Å². The van der Waals surface area contributed by atoms with E-state index < -0.39 is 5.91 Å². The Morgan fingerprint density at radius 2 is 1.57 bits per heavy atom. The van der Waals surface area contributed by atoms with Gasteiger partial charge in [-0.15, -0.1) is 0 Å². The molecule has 170 valence electrons. The van der Waals surface area contributed by atoms with Gasteiger partial charge in [0.2, 0.25) is 5.17 Å². The molecule has 1 amide bonds. The summed E-state index contributed by atoms with van der Waals surface area (Å²) in [5, 5.41) is 20.7. The molecule has 2 aliphatic heterocycles. The molecule has 0 radical (unpaired) electrons. The average molecular weight is 475 g/mol. The van der Waals surface area contributed by atoms with Gasteiger partial charge in [0.15, 0.2) is 5.84 Å². The number of aliphatic imine (C=N–C) groups is 1. The third-order valence-corrected chi connectivity index (χ3v) is 7.50. The lowest BCUT2D eigenvalue weighted by molar-refractivity contribution is -0.114. The summed E-state index contributed by atoms with van der Waals surface area (Å²) < 4.78 is 0. The molecule has 4 aromatic carbocycles. The van der Waals surface area contributed by atoms with Gasteiger partial charge in [-0.05, 0) is 63.0 Å². The Balaban J connectivity index is 1.45. The third-order valence-electron chi connectivity index (χ3n) is 6.48. The van der Waals surface area contributed by atoms with Crippen molar-refractivity contribution >= 4 is 61.3 Å². The van der Waals surface area contributed by atoms with Gasteiger partial charge in [0.1, 0.15) is 5.04 Å². The first-order valence-corrected chi connectivity index (χ1v) is 12.4. The summed E-state index contributed by atoms with van der Waals surface area (Å²) in [7, 11) is 0. The molecule has 35 heavy (non-hydrogen) atoms. The first kappa shape index (κ1) is 21.5. The molecule has 0 saturated carbocycles. The summed E-state index contributed by atoms with van der Waals surface area (Å²) in [5.41, 5.74) is 2.32. The first-order chi connectivity index (χ1) is 17.1. The van der Waals surface area contributed by atoms with Gasteiger partial charge < -0.3 is 0 Å². The predicted molar refractivity (Wildman–Crippen MR) is 146 cm³/mol. The van der Waals surface area contributed by atoms with Crippen LogP contribution in [0.15, 0.2) is 101 Å². The molecule has 1 unspecified atom stereocenters. The zero-order chi connectivity index (χ0) is 23.9. The molecule has 6 heteroatoms. The largest absolute Gasteiger partial charge is 0.283 e. The van der Waals surface area contributed by atoms with Crippen LogP contribution in [0.1, 0.15) is 30.4 Å². The zero-order valence-corrected chi connectivity index (χ0v) is 19.9. The number of hydrogen-bond acceptors (Lipinski definition) is 4. The van der Waals surface area contributed by atoms with Crippen LogP contribution >= 0.6 is 11.8 Å². The van der Waals surface area contributed by atoms with Crippen molar-refractivity contribution < 1.29 is 4.79 Å². The summed E-state index contributed by atoms with van der Waals surface area (Å²) in [4.78, 5) is 17.5. The average Bonchev–Trinajstić information content (AvgIpc) is 3.30. The number of thioether (sulfide) groups is 1. The molecule has 4 aromatic rings. The second-order valence-electron chi connectivity index (χ2n) is 8.56. The van der Waals surface area contributed by atoms with Crippen LogP contribution in [0.2, 0.25) is 0 Å². The highest BCUT2D eigenvalue weighted by atomic mass is 32.2. The third kappa shape index (κ3) is 3.67. The van der Waals surface area contributed by atoms with Crippen molar-refractivity contribution in [1.82, 2.24) is 5.01 Å². The number of fused-ring (bicyclic) bond motifs is 3. The van der Waals surface area contributed by atoms with Crippen LogP contribution in [0.4, 0.5) is 0 Å². The van der Waals surface area contributed by atoms with Crippen molar-refractivity contribution in [3.8, 4) is 0 Å². The molecule has 1 N–H and O–H groups in total. The Morgan fingerprint density at radius 1 is 0.943 bits per heavy atom. The monoisotopic (exact) mass is 474 g/mol. The number of nitrogens with one attached hydrogen (secondary N) is 1. The van der Waals surface area contributed by atoms with Crippen LogP contribution in [0.3, 0.4) is 0 Å². The van der Waals surface area contributed by atoms with Gasteiger partial charge in [-0.25, -0.2) is 0 Å². The Labute approximate surface area is 207 Å². The minimum Gasteiger partial charge on any atom is -0.282 e. The van der Waals surface area contributed by atoms with Gasteiger partial charge in [0.05, 0.1) is 5.57 Å². The number of amides is 1. The van der Waals surface area contributed by atoms with Crippen molar-refractivity contribution in [2.45, 2.75) is 19.3 Å². The van der Waals surface area contributed by atoms with Crippen molar-refractivity contribution in [3.05, 3.63) is 102 Å². The van der Waals surface area contributed by atoms with Crippen molar-refractivity contribution in [3.63, 3.8) is 0 Å². The molecule has 0 spiro atoms. The van der Waals surface area contributed by atoms with Crippen molar-refractivity contribution in [1.29, 1.82) is 5.41 Å². The molecule has 2 aliphatic rings. The Hall–Kier alpha value is -4.03. The van der Waals surface area contributed by atoms with E-state index in [4.69, 9.17) is 10.5 Å². The van der Waals surface area contributed by atoms with Gasteiger partial charge in [-0.1, -0.05) is 85.8 Å². The number of carbonyl (C=O) groups is 1. The fraction of sp³-hybridized carbons (Fsp3) is 0.103. The van der Waals surface area contributed by atoms with Gasteiger partial charge in [0, 0.05) is 5.92 Å². The Morgan fingerprint density at radius 3 is 2.23 bits per heavy atom. The van der Waals surface area contributed by atoms with Gasteiger partial charge in [0.25, 0.3) is 5.91 Å². The SMILES string of the molecule is CCC(C1=NN2C(=N)/C(=C/c3c4ccccc4cc4ccccc34)C(=O)N=C2S1)c1ccccc1. The lowest BCUT2D eigenvalue weighted by Crippen LogP contribution is -2.35. The highest BCUT2D eigenvalue weighted by molar-refractivity contribution is 8.27. The van der Waals surface area contributed by atoms with Crippen LogP contribution in [0.25, 0.3) is 27.6 Å². The first-order valence-electron chi connectivity index (χ1n) is 11.6. The van der Waals surface area contributed by atoms with Crippen molar-refractivity contribution in [2.75, 3.05) is 0 Å². The highest BCUT2D eigenvalue weighted by Crippen LogP contribution is 2.37. The molecule has 0 bridgehead atoms. The number of amidine groups is 2. The molecular weight excluding hydrogens is 452 g/mol. The number of benzene rings is 4. The van der Waals surface area contributed by atoms with E-state index in [0.29, 0.717) is 5.17 Å². The number of hydrogen-bond donors (Lipinski definition) is 1. The Kier molecular flexibility index (Phi) is 5.30. The molecular formula is C29H22N4OS. The smallest absolute Gasteiger partial charge is 0.282 e. The van der Waals surface area contributed by atoms with Crippen LogP contribution in [0, 0.1) is 5.41 Å². The van der Waals surface area contributed by atoms with E-state index in [1.54, 1.807) is 0 Å². The molecule has 2 heterocycles. The van der Waals surface area contributed by atoms with Crippen LogP contribution < -0.4 is 0 Å². The Bertz CT molecular complexity index is 1550.